The molecule has 40 heavy (non-hydrogen) atoms. The van der Waals surface area contributed by atoms with Crippen molar-refractivity contribution in [1.82, 2.24) is 14.8 Å². The van der Waals surface area contributed by atoms with E-state index in [0.717, 1.165) is 17.7 Å². The summed E-state index contributed by atoms with van der Waals surface area (Å²) in [5.41, 5.74) is 4.19. The van der Waals surface area contributed by atoms with Gasteiger partial charge in [-0.25, -0.2) is 4.68 Å². The number of ether oxygens (including phenoxy) is 3. The fraction of sp³-hybridized carbons (Fsp3) is 0.344. The smallest absolute Gasteiger partial charge is 0.336 e. The fourth-order valence-corrected chi connectivity index (χ4v) is 4.47. The van der Waals surface area contributed by atoms with Crippen LogP contribution in [0.15, 0.2) is 66.7 Å². The molecule has 0 aliphatic carbocycles. The second-order valence-electron chi connectivity index (χ2n) is 10.4. The summed E-state index contributed by atoms with van der Waals surface area (Å²) in [4.78, 5) is 17.5. The predicted molar refractivity (Wildman–Crippen MR) is 155 cm³/mol. The van der Waals surface area contributed by atoms with Crippen molar-refractivity contribution in [3.8, 4) is 34.6 Å². The van der Waals surface area contributed by atoms with Gasteiger partial charge in [0.2, 0.25) is 6.79 Å². The lowest BCUT2D eigenvalue weighted by molar-refractivity contribution is 0.102. The molecule has 3 aromatic carbocycles. The summed E-state index contributed by atoms with van der Waals surface area (Å²) in [7, 11) is 0. The number of hydrogen-bond acceptors (Lipinski definition) is 6. The first-order valence-corrected chi connectivity index (χ1v) is 14.0. The third-order valence-corrected chi connectivity index (χ3v) is 6.67. The molecule has 8 nitrogen and oxygen atoms in total. The third kappa shape index (κ3) is 6.62. The largest absolute Gasteiger partial charge is 0.462 e. The molecule has 1 amide bonds. The average molecular weight is 541 g/mol. The maximum atomic E-state index is 12.9. The summed E-state index contributed by atoms with van der Waals surface area (Å²) < 4.78 is 18.6. The van der Waals surface area contributed by atoms with Crippen molar-refractivity contribution in [2.24, 2.45) is 5.92 Å². The Morgan fingerprint density at radius 3 is 2.50 bits per heavy atom. The number of hydrogen-bond donors (Lipinski definition) is 1. The van der Waals surface area contributed by atoms with Crippen LogP contribution in [-0.2, 0) is 6.42 Å². The molecule has 4 aromatic rings. The van der Waals surface area contributed by atoms with E-state index in [1.54, 1.807) is 4.68 Å². The zero-order chi connectivity index (χ0) is 27.9. The number of aromatic nitrogens is 3. The topological polar surface area (TPSA) is 87.5 Å². The first-order chi connectivity index (χ1) is 19.5. The molecule has 1 aromatic heterocycles. The Morgan fingerprint density at radius 2 is 1.75 bits per heavy atom. The molecule has 1 N–H and O–H groups in total. The van der Waals surface area contributed by atoms with Crippen LogP contribution < -0.4 is 19.5 Å². The molecular weight excluding hydrogens is 504 g/mol. The fourth-order valence-electron chi connectivity index (χ4n) is 4.47. The summed E-state index contributed by atoms with van der Waals surface area (Å²) in [6.07, 6.45) is 5.97. The Kier molecular flexibility index (Phi) is 8.64. The van der Waals surface area contributed by atoms with E-state index in [4.69, 9.17) is 14.2 Å². The van der Waals surface area contributed by atoms with Gasteiger partial charge in [-0.05, 0) is 78.9 Å². The Labute approximate surface area is 235 Å². The number of fused-ring (bicyclic) bond motifs is 1. The molecule has 0 spiro atoms. The zero-order valence-electron chi connectivity index (χ0n) is 23.4. The number of aryl methyl sites for hydroxylation is 1. The van der Waals surface area contributed by atoms with Crippen LogP contribution in [0.5, 0.6) is 17.5 Å². The highest BCUT2D eigenvalue weighted by atomic mass is 16.7. The lowest BCUT2D eigenvalue weighted by Gasteiger charge is -2.09. The van der Waals surface area contributed by atoms with Gasteiger partial charge in [-0.1, -0.05) is 52.2 Å². The number of amides is 1. The molecule has 5 rings (SSSR count). The molecule has 0 saturated heterocycles. The quantitative estimate of drug-likeness (QED) is 0.193. The molecule has 1 aliphatic rings. The summed E-state index contributed by atoms with van der Waals surface area (Å²) >= 11 is 0. The van der Waals surface area contributed by atoms with Gasteiger partial charge >= 0.3 is 6.01 Å². The summed E-state index contributed by atoms with van der Waals surface area (Å²) in [5, 5.41) is 7.61. The molecule has 0 radical (unpaired) electrons. The SMILES string of the molecule is CCCCCCc1ccc(C(=O)Nc2ccc(-n3nc(OCC(C)C)nc3-c3ccc4c(c3)OCO4)cc2)cc1. The number of rotatable bonds is 12. The number of carbonyl (C=O) groups excluding carboxylic acids is 1. The number of nitrogens with zero attached hydrogens (tertiary/aromatic N) is 3. The van der Waals surface area contributed by atoms with E-state index in [9.17, 15) is 4.79 Å². The summed E-state index contributed by atoms with van der Waals surface area (Å²) in [5.74, 6) is 2.18. The van der Waals surface area contributed by atoms with E-state index < -0.39 is 0 Å². The van der Waals surface area contributed by atoms with Crippen LogP contribution in [-0.4, -0.2) is 34.1 Å². The Balaban J connectivity index is 1.31. The van der Waals surface area contributed by atoms with E-state index in [2.05, 4.69) is 36.2 Å². The summed E-state index contributed by atoms with van der Waals surface area (Å²) in [6.45, 7) is 7.07. The minimum atomic E-state index is -0.142. The van der Waals surface area contributed by atoms with Crippen molar-refractivity contribution in [1.29, 1.82) is 0 Å². The normalized spacial score (nSPS) is 12.1. The van der Waals surface area contributed by atoms with E-state index in [0.29, 0.717) is 47.1 Å². The van der Waals surface area contributed by atoms with E-state index in [-0.39, 0.29) is 12.7 Å². The van der Waals surface area contributed by atoms with Gasteiger partial charge < -0.3 is 19.5 Å². The van der Waals surface area contributed by atoms with Gasteiger partial charge in [0.05, 0.1) is 12.3 Å². The molecular formula is C32H36N4O4. The van der Waals surface area contributed by atoms with Crippen molar-refractivity contribution < 1.29 is 19.0 Å². The average Bonchev–Trinajstić information content (AvgIpc) is 3.62. The molecule has 0 atom stereocenters. The maximum absolute atomic E-state index is 12.9. The van der Waals surface area contributed by atoms with Gasteiger partial charge in [0.15, 0.2) is 17.3 Å². The van der Waals surface area contributed by atoms with Gasteiger partial charge in [0, 0.05) is 16.8 Å². The van der Waals surface area contributed by atoms with Crippen molar-refractivity contribution in [3.63, 3.8) is 0 Å². The van der Waals surface area contributed by atoms with Crippen molar-refractivity contribution in [2.75, 3.05) is 18.7 Å². The number of carbonyl (C=O) groups is 1. The van der Waals surface area contributed by atoms with E-state index in [1.807, 2.05) is 66.7 Å². The standard InChI is InChI=1S/C32H36N4O4/c1-4-5-6-7-8-23-9-11-24(12-10-23)31(37)33-26-14-16-27(17-15-26)36-30(34-32(35-36)38-20-22(2)3)25-13-18-28-29(19-25)40-21-39-28/h9-19,22H,4-8,20-21H2,1-3H3,(H,33,37). The summed E-state index contributed by atoms with van der Waals surface area (Å²) in [6, 6.07) is 21.4. The molecule has 1 aliphatic heterocycles. The molecule has 208 valence electrons. The van der Waals surface area contributed by atoms with Gasteiger partial charge in [0.25, 0.3) is 5.91 Å². The minimum absolute atomic E-state index is 0.142. The van der Waals surface area contributed by atoms with Gasteiger partial charge in [-0.3, -0.25) is 4.79 Å². The van der Waals surface area contributed by atoms with Crippen LogP contribution >= 0.6 is 0 Å². The van der Waals surface area contributed by atoms with Crippen molar-refractivity contribution in [3.05, 3.63) is 77.9 Å². The first-order valence-electron chi connectivity index (χ1n) is 14.0. The lowest BCUT2D eigenvalue weighted by Crippen LogP contribution is -2.12. The minimum Gasteiger partial charge on any atom is -0.462 e. The van der Waals surface area contributed by atoms with Crippen LogP contribution in [0.4, 0.5) is 5.69 Å². The van der Waals surface area contributed by atoms with Crippen molar-refractivity contribution >= 4 is 11.6 Å². The van der Waals surface area contributed by atoms with Crippen LogP contribution in [0.1, 0.15) is 62.4 Å². The highest BCUT2D eigenvalue weighted by Crippen LogP contribution is 2.36. The molecule has 0 bridgehead atoms. The Hall–Kier alpha value is -4.33. The molecule has 0 saturated carbocycles. The second-order valence-corrected chi connectivity index (χ2v) is 10.4. The van der Waals surface area contributed by atoms with Crippen LogP contribution in [0.25, 0.3) is 17.1 Å². The van der Waals surface area contributed by atoms with E-state index >= 15 is 0 Å². The number of nitrogens with one attached hydrogen (secondary N) is 1. The molecule has 0 unspecified atom stereocenters. The lowest BCUT2D eigenvalue weighted by atomic mass is 10.0. The second kappa shape index (κ2) is 12.7. The van der Waals surface area contributed by atoms with Crippen LogP contribution in [0.3, 0.4) is 0 Å². The molecule has 2 heterocycles. The van der Waals surface area contributed by atoms with Crippen molar-refractivity contribution in [2.45, 2.75) is 52.9 Å². The predicted octanol–water partition coefficient (Wildman–Crippen LogP) is 7.07. The highest BCUT2D eigenvalue weighted by Gasteiger charge is 2.20. The Morgan fingerprint density at radius 1 is 0.975 bits per heavy atom. The third-order valence-electron chi connectivity index (χ3n) is 6.67. The van der Waals surface area contributed by atoms with Crippen LogP contribution in [0, 0.1) is 5.92 Å². The van der Waals surface area contributed by atoms with Gasteiger partial charge in [-0.15, -0.1) is 5.10 Å². The number of unbranched alkanes of at least 4 members (excludes halogenated alkanes) is 3. The number of benzene rings is 3. The van der Waals surface area contributed by atoms with Crippen LogP contribution in [0.2, 0.25) is 0 Å². The first kappa shape index (κ1) is 27.2. The van der Waals surface area contributed by atoms with Gasteiger partial charge in [0.1, 0.15) is 0 Å². The van der Waals surface area contributed by atoms with E-state index in [1.165, 1.54) is 31.2 Å². The van der Waals surface area contributed by atoms with Gasteiger partial charge in [-0.2, -0.15) is 4.98 Å². The molecule has 8 heteroatoms. The monoisotopic (exact) mass is 540 g/mol. The maximum Gasteiger partial charge on any atom is 0.336 e. The highest BCUT2D eigenvalue weighted by molar-refractivity contribution is 6.04. The Bertz CT molecular complexity index is 1430. The zero-order valence-corrected chi connectivity index (χ0v) is 23.4. The number of anilines is 1. The molecule has 0 fully saturated rings.